The van der Waals surface area contributed by atoms with Crippen molar-refractivity contribution in [1.29, 1.82) is 0 Å². The number of rotatable bonds is 6. The van der Waals surface area contributed by atoms with Crippen molar-refractivity contribution in [3.63, 3.8) is 0 Å². The summed E-state index contributed by atoms with van der Waals surface area (Å²) in [5.41, 5.74) is 0.996. The van der Waals surface area contributed by atoms with Crippen LogP contribution in [0.25, 0.3) is 0 Å². The fourth-order valence-corrected chi connectivity index (χ4v) is 3.42. The predicted octanol–water partition coefficient (Wildman–Crippen LogP) is 2.18. The van der Waals surface area contributed by atoms with Gasteiger partial charge in [0.2, 0.25) is 0 Å². The number of hydrogen-bond donors (Lipinski definition) is 2. The first-order valence-electron chi connectivity index (χ1n) is 7.82. The maximum Gasteiger partial charge on any atom is 0.263 e. The number of nitrogens with one attached hydrogen (secondary N) is 2. The minimum atomic E-state index is -3.66. The number of nitrogens with zero attached hydrogens (tertiary/aromatic N) is 2. The van der Waals surface area contributed by atoms with Gasteiger partial charge in [0.1, 0.15) is 5.82 Å². The van der Waals surface area contributed by atoms with Gasteiger partial charge >= 0.3 is 0 Å². The summed E-state index contributed by atoms with van der Waals surface area (Å²) in [4.78, 5) is 0.190. The molecule has 1 atom stereocenters. The molecule has 2 heterocycles. The summed E-state index contributed by atoms with van der Waals surface area (Å²) in [5.74, 6) is 0.766. The molecule has 1 unspecified atom stereocenters. The van der Waals surface area contributed by atoms with Crippen LogP contribution in [0.2, 0.25) is 0 Å². The van der Waals surface area contributed by atoms with Crippen molar-refractivity contribution in [2.24, 2.45) is 0 Å². The van der Waals surface area contributed by atoms with Gasteiger partial charge in [-0.25, -0.2) is 8.42 Å². The van der Waals surface area contributed by atoms with Crippen LogP contribution in [0.15, 0.2) is 41.3 Å². The number of benzene rings is 1. The summed E-state index contributed by atoms with van der Waals surface area (Å²) in [6.07, 6.45) is 2.32. The Hall–Kier alpha value is -2.19. The normalized spacial score (nSPS) is 17.6. The number of hydrogen-bond acceptors (Lipinski definition) is 6. The maximum atomic E-state index is 12.3. The molecule has 1 aromatic heterocycles. The zero-order valence-electron chi connectivity index (χ0n) is 13.4. The zero-order chi connectivity index (χ0) is 17.0. The molecule has 1 fully saturated rings. The molecule has 128 valence electrons. The van der Waals surface area contributed by atoms with Gasteiger partial charge in [0.25, 0.3) is 10.0 Å². The van der Waals surface area contributed by atoms with Gasteiger partial charge in [-0.3, -0.25) is 4.72 Å². The topological polar surface area (TPSA) is 93.2 Å². The highest BCUT2D eigenvalue weighted by Gasteiger charge is 2.16. The van der Waals surface area contributed by atoms with Crippen LogP contribution >= 0.6 is 0 Å². The van der Waals surface area contributed by atoms with Gasteiger partial charge in [-0.15, -0.1) is 10.2 Å². The lowest BCUT2D eigenvalue weighted by atomic mass is 10.2. The Morgan fingerprint density at radius 1 is 1.12 bits per heavy atom. The molecule has 24 heavy (non-hydrogen) atoms. The Balaban J connectivity index is 1.61. The summed E-state index contributed by atoms with van der Waals surface area (Å²) in [5, 5.41) is 11.0. The first-order chi connectivity index (χ1) is 11.5. The third kappa shape index (κ3) is 4.21. The second kappa shape index (κ2) is 7.14. The lowest BCUT2D eigenvalue weighted by Crippen LogP contribution is -2.19. The predicted molar refractivity (Wildman–Crippen MR) is 91.5 cm³/mol. The van der Waals surface area contributed by atoms with Crippen LogP contribution < -0.4 is 10.0 Å². The Bertz CT molecular complexity index is 770. The van der Waals surface area contributed by atoms with Crippen LogP contribution in [0, 0.1) is 6.92 Å². The van der Waals surface area contributed by atoms with Crippen LogP contribution in [0.4, 0.5) is 11.6 Å². The summed E-state index contributed by atoms with van der Waals surface area (Å²) < 4.78 is 32.5. The number of aromatic nitrogens is 2. The molecule has 2 aromatic rings. The molecule has 3 rings (SSSR count). The quantitative estimate of drug-likeness (QED) is 0.831. The SMILES string of the molecule is Cc1ccc(S(=O)(=O)Nc2ccc(NCC3CCCO3)nn2)cc1. The molecule has 0 aliphatic carbocycles. The molecule has 7 nitrogen and oxygen atoms in total. The molecular weight excluding hydrogens is 328 g/mol. The number of sulfonamides is 1. The average molecular weight is 348 g/mol. The van der Waals surface area contributed by atoms with Crippen molar-refractivity contribution < 1.29 is 13.2 Å². The Morgan fingerprint density at radius 2 is 1.83 bits per heavy atom. The van der Waals surface area contributed by atoms with Crippen LogP contribution in [-0.4, -0.2) is 37.9 Å². The summed E-state index contributed by atoms with van der Waals surface area (Å²) in [6, 6.07) is 9.88. The van der Waals surface area contributed by atoms with Crippen molar-refractivity contribution in [2.75, 3.05) is 23.2 Å². The highest BCUT2D eigenvalue weighted by Crippen LogP contribution is 2.16. The largest absolute Gasteiger partial charge is 0.376 e. The van der Waals surface area contributed by atoms with Gasteiger partial charge in [0.15, 0.2) is 5.82 Å². The van der Waals surface area contributed by atoms with Crippen molar-refractivity contribution in [3.05, 3.63) is 42.0 Å². The number of ether oxygens (including phenoxy) is 1. The second-order valence-corrected chi connectivity index (χ2v) is 7.42. The lowest BCUT2D eigenvalue weighted by molar-refractivity contribution is 0.120. The van der Waals surface area contributed by atoms with E-state index in [0.717, 1.165) is 25.0 Å². The van der Waals surface area contributed by atoms with E-state index in [4.69, 9.17) is 4.74 Å². The van der Waals surface area contributed by atoms with Crippen LogP contribution in [0.3, 0.4) is 0 Å². The van der Waals surface area contributed by atoms with Gasteiger partial charge in [-0.1, -0.05) is 17.7 Å². The molecule has 0 bridgehead atoms. The van der Waals surface area contributed by atoms with Gasteiger partial charge < -0.3 is 10.1 Å². The first-order valence-corrected chi connectivity index (χ1v) is 9.30. The Kier molecular flexibility index (Phi) is 4.96. The molecule has 0 spiro atoms. The second-order valence-electron chi connectivity index (χ2n) is 5.74. The molecule has 8 heteroatoms. The Morgan fingerprint density at radius 3 is 2.46 bits per heavy atom. The van der Waals surface area contributed by atoms with E-state index in [1.165, 1.54) is 0 Å². The van der Waals surface area contributed by atoms with Gasteiger partial charge in [-0.05, 0) is 44.0 Å². The molecule has 0 radical (unpaired) electrons. The van der Waals surface area contributed by atoms with E-state index in [9.17, 15) is 8.42 Å². The monoisotopic (exact) mass is 348 g/mol. The third-order valence-electron chi connectivity index (χ3n) is 3.77. The average Bonchev–Trinajstić information content (AvgIpc) is 3.08. The fraction of sp³-hybridized carbons (Fsp3) is 0.375. The van der Waals surface area contributed by atoms with Gasteiger partial charge in [-0.2, -0.15) is 0 Å². The van der Waals surface area contributed by atoms with Crippen molar-refractivity contribution >= 4 is 21.7 Å². The minimum Gasteiger partial charge on any atom is -0.376 e. The van der Waals surface area contributed by atoms with Crippen LogP contribution in [-0.2, 0) is 14.8 Å². The fourth-order valence-electron chi connectivity index (χ4n) is 2.42. The lowest BCUT2D eigenvalue weighted by Gasteiger charge is -2.11. The van der Waals surface area contributed by atoms with E-state index in [0.29, 0.717) is 12.4 Å². The zero-order valence-corrected chi connectivity index (χ0v) is 14.2. The van der Waals surface area contributed by atoms with Crippen LogP contribution in [0.1, 0.15) is 18.4 Å². The van der Waals surface area contributed by atoms with Crippen molar-refractivity contribution in [1.82, 2.24) is 10.2 Å². The maximum absolute atomic E-state index is 12.3. The molecule has 2 N–H and O–H groups in total. The standard InChI is InChI=1S/C16H20N4O3S/c1-12-4-6-14(7-5-12)24(21,22)20-16-9-8-15(18-19-16)17-11-13-3-2-10-23-13/h4-9,13H,2-3,10-11H2,1H3,(H,17,18)(H,19,20). The summed E-state index contributed by atoms with van der Waals surface area (Å²) in [6.45, 7) is 3.37. The van der Waals surface area contributed by atoms with Gasteiger partial charge in [0, 0.05) is 13.2 Å². The van der Waals surface area contributed by atoms with Crippen LogP contribution in [0.5, 0.6) is 0 Å². The molecule has 1 aliphatic rings. The summed E-state index contributed by atoms with van der Waals surface area (Å²) in [7, 11) is -3.66. The van der Waals surface area contributed by atoms with Crippen molar-refractivity contribution in [3.8, 4) is 0 Å². The Labute approximate surface area is 141 Å². The van der Waals surface area contributed by atoms with E-state index >= 15 is 0 Å². The number of anilines is 2. The van der Waals surface area contributed by atoms with Crippen molar-refractivity contribution in [2.45, 2.75) is 30.8 Å². The highest BCUT2D eigenvalue weighted by atomic mass is 32.2. The van der Waals surface area contributed by atoms with E-state index < -0.39 is 10.0 Å². The van der Waals surface area contributed by atoms with E-state index in [1.54, 1.807) is 36.4 Å². The molecule has 1 aliphatic heterocycles. The first kappa shape index (κ1) is 16.7. The molecule has 1 aromatic carbocycles. The van der Waals surface area contributed by atoms with E-state index in [1.807, 2.05) is 6.92 Å². The highest BCUT2D eigenvalue weighted by molar-refractivity contribution is 7.92. The molecule has 1 saturated heterocycles. The minimum absolute atomic E-state index is 0.179. The summed E-state index contributed by atoms with van der Waals surface area (Å²) >= 11 is 0. The molecular formula is C16H20N4O3S. The third-order valence-corrected chi connectivity index (χ3v) is 5.14. The molecule has 0 amide bonds. The van der Waals surface area contributed by atoms with Gasteiger partial charge in [0.05, 0.1) is 11.0 Å². The van der Waals surface area contributed by atoms with E-state index in [-0.39, 0.29) is 16.8 Å². The molecule has 0 saturated carbocycles. The number of aryl methyl sites for hydroxylation is 1. The smallest absolute Gasteiger partial charge is 0.263 e. The van der Waals surface area contributed by atoms with E-state index in [2.05, 4.69) is 20.2 Å².